The molecule has 0 heterocycles. The highest BCUT2D eigenvalue weighted by atomic mass is 16.6. The molecule has 3 fully saturated rings. The molecule has 142 valence electrons. The van der Waals surface area contributed by atoms with Gasteiger partial charge in [0.1, 0.15) is 6.61 Å². The van der Waals surface area contributed by atoms with Crippen LogP contribution in [0.3, 0.4) is 0 Å². The molecule has 3 nitrogen and oxygen atoms in total. The van der Waals surface area contributed by atoms with Crippen molar-refractivity contribution in [3.05, 3.63) is 35.9 Å². The lowest BCUT2D eigenvalue weighted by molar-refractivity contribution is 0.110. The Morgan fingerprint density at radius 2 is 1.81 bits per heavy atom. The summed E-state index contributed by atoms with van der Waals surface area (Å²) in [5.41, 5.74) is 2.86. The molecule has 1 aromatic rings. The molecule has 2 bridgehead atoms. The van der Waals surface area contributed by atoms with Crippen LogP contribution in [0.2, 0.25) is 0 Å². The summed E-state index contributed by atoms with van der Waals surface area (Å²) in [6.07, 6.45) is 6.81. The van der Waals surface area contributed by atoms with Gasteiger partial charge in [-0.3, -0.25) is 0 Å². The summed E-state index contributed by atoms with van der Waals surface area (Å²) in [6, 6.07) is 11.0. The van der Waals surface area contributed by atoms with Gasteiger partial charge in [0, 0.05) is 18.4 Å². The van der Waals surface area contributed by atoms with Gasteiger partial charge in [0.15, 0.2) is 0 Å². The number of hydrogen-bond acceptors (Lipinski definition) is 3. The van der Waals surface area contributed by atoms with Crippen LogP contribution in [0, 0.1) is 29.6 Å². The van der Waals surface area contributed by atoms with E-state index < -0.39 is 0 Å². The molecule has 3 aliphatic carbocycles. The average molecular weight is 355 g/mol. The van der Waals surface area contributed by atoms with Crippen molar-refractivity contribution in [3.8, 4) is 0 Å². The molecular formula is C23H34N2O. The highest BCUT2D eigenvalue weighted by Gasteiger charge is 2.57. The second kappa shape index (κ2) is 8.12. The lowest BCUT2D eigenvalue weighted by atomic mass is 9.72. The summed E-state index contributed by atoms with van der Waals surface area (Å²) >= 11 is 0. The Balaban J connectivity index is 1.46. The van der Waals surface area contributed by atoms with E-state index in [2.05, 4.69) is 49.1 Å². The Morgan fingerprint density at radius 3 is 2.58 bits per heavy atom. The third-order valence-corrected chi connectivity index (χ3v) is 7.36. The van der Waals surface area contributed by atoms with Crippen LogP contribution in [0.25, 0.3) is 0 Å². The third-order valence-electron chi connectivity index (χ3n) is 7.36. The van der Waals surface area contributed by atoms with Crippen molar-refractivity contribution in [1.29, 1.82) is 0 Å². The Morgan fingerprint density at radius 1 is 1.04 bits per heavy atom. The van der Waals surface area contributed by atoms with E-state index in [4.69, 9.17) is 9.99 Å². The Labute approximate surface area is 158 Å². The van der Waals surface area contributed by atoms with E-state index in [0.717, 1.165) is 43.8 Å². The highest BCUT2D eigenvalue weighted by molar-refractivity contribution is 5.92. The molecule has 0 aliphatic heterocycles. The summed E-state index contributed by atoms with van der Waals surface area (Å²) < 4.78 is 0. The largest absolute Gasteiger partial charge is 0.394 e. The Hall–Kier alpha value is -1.35. The van der Waals surface area contributed by atoms with Crippen LogP contribution in [0.1, 0.15) is 45.1 Å². The molecule has 3 heteroatoms. The van der Waals surface area contributed by atoms with Gasteiger partial charge in [-0.1, -0.05) is 55.8 Å². The Kier molecular flexibility index (Phi) is 5.63. The average Bonchev–Trinajstić information content (AvgIpc) is 3.36. The SMILES string of the molecule is CCN(CC)CCO/N=C1/[C@@H](Cc2ccccc2)[C@@H]2C[C@H]1[C@H]1CCC[C@@H]21. The zero-order valence-corrected chi connectivity index (χ0v) is 16.4. The van der Waals surface area contributed by atoms with Crippen molar-refractivity contribution in [2.24, 2.45) is 34.7 Å². The Bertz CT molecular complexity index is 610. The third kappa shape index (κ3) is 3.43. The summed E-state index contributed by atoms with van der Waals surface area (Å²) in [6.45, 7) is 8.29. The standard InChI is InChI=1S/C23H34N2O/c1-3-25(4-2)13-14-26-24-23-21(15-17-9-6-5-7-10-17)20-16-22(23)19-12-8-11-18(19)20/h5-7,9-10,18-22H,3-4,8,11-16H2,1-2H3/b24-23-/t18-,19+,20-,21+,22+/m1/s1. The van der Waals surface area contributed by atoms with Crippen molar-refractivity contribution in [2.75, 3.05) is 26.2 Å². The minimum Gasteiger partial charge on any atom is -0.394 e. The van der Waals surface area contributed by atoms with E-state index in [0.29, 0.717) is 18.4 Å². The van der Waals surface area contributed by atoms with E-state index in [1.54, 1.807) is 0 Å². The number of hydrogen-bond donors (Lipinski definition) is 0. The first-order chi connectivity index (χ1) is 12.8. The molecule has 0 saturated heterocycles. The van der Waals surface area contributed by atoms with Crippen LogP contribution in [0.5, 0.6) is 0 Å². The zero-order valence-electron chi connectivity index (χ0n) is 16.4. The molecule has 0 aromatic heterocycles. The molecule has 0 amide bonds. The topological polar surface area (TPSA) is 24.8 Å². The molecule has 26 heavy (non-hydrogen) atoms. The predicted molar refractivity (Wildman–Crippen MR) is 107 cm³/mol. The van der Waals surface area contributed by atoms with Gasteiger partial charge < -0.3 is 9.74 Å². The van der Waals surface area contributed by atoms with Crippen molar-refractivity contribution in [3.63, 3.8) is 0 Å². The van der Waals surface area contributed by atoms with Gasteiger partial charge in [-0.15, -0.1) is 0 Å². The highest BCUT2D eigenvalue weighted by Crippen LogP contribution is 2.60. The van der Waals surface area contributed by atoms with Crippen LogP contribution in [-0.2, 0) is 11.3 Å². The van der Waals surface area contributed by atoms with Crippen LogP contribution in [0.15, 0.2) is 35.5 Å². The van der Waals surface area contributed by atoms with E-state index in [9.17, 15) is 0 Å². The summed E-state index contributed by atoms with van der Waals surface area (Å²) in [7, 11) is 0. The maximum Gasteiger partial charge on any atom is 0.129 e. The fourth-order valence-corrected chi connectivity index (χ4v) is 6.08. The van der Waals surface area contributed by atoms with Crippen molar-refractivity contribution in [2.45, 2.75) is 46.0 Å². The summed E-state index contributed by atoms with van der Waals surface area (Å²) in [4.78, 5) is 8.27. The van der Waals surface area contributed by atoms with Crippen LogP contribution in [-0.4, -0.2) is 36.9 Å². The normalized spacial score (nSPS) is 34.0. The van der Waals surface area contributed by atoms with Crippen molar-refractivity contribution >= 4 is 5.71 Å². The predicted octanol–water partition coefficient (Wildman–Crippen LogP) is 4.63. The second-order valence-electron chi connectivity index (χ2n) is 8.44. The first-order valence-corrected chi connectivity index (χ1v) is 10.8. The summed E-state index contributed by atoms with van der Waals surface area (Å²) in [5, 5.41) is 4.77. The molecule has 3 aliphatic rings. The number of nitrogens with zero attached hydrogens (tertiary/aromatic N) is 2. The maximum atomic E-state index is 5.87. The maximum absolute atomic E-state index is 5.87. The number of benzene rings is 1. The van der Waals surface area contributed by atoms with Gasteiger partial charge >= 0.3 is 0 Å². The fraction of sp³-hybridized carbons (Fsp3) is 0.696. The molecule has 0 N–H and O–H groups in total. The molecule has 0 unspecified atom stereocenters. The van der Waals surface area contributed by atoms with Gasteiger partial charge in [-0.05, 0) is 62.1 Å². The number of rotatable bonds is 8. The molecule has 4 rings (SSSR count). The van der Waals surface area contributed by atoms with Gasteiger partial charge in [-0.2, -0.15) is 0 Å². The molecule has 1 aromatic carbocycles. The molecule has 0 spiro atoms. The first-order valence-electron chi connectivity index (χ1n) is 10.8. The van der Waals surface area contributed by atoms with E-state index >= 15 is 0 Å². The zero-order chi connectivity index (χ0) is 17.9. The number of likely N-dealkylation sites (N-methyl/N-ethyl adjacent to an activating group) is 1. The first kappa shape index (κ1) is 18.0. The number of oxime groups is 1. The van der Waals surface area contributed by atoms with Crippen molar-refractivity contribution < 1.29 is 4.84 Å². The number of fused-ring (bicyclic) bond motifs is 5. The smallest absolute Gasteiger partial charge is 0.129 e. The second-order valence-corrected chi connectivity index (χ2v) is 8.44. The van der Waals surface area contributed by atoms with Gasteiger partial charge in [0.25, 0.3) is 0 Å². The molecule has 0 radical (unpaired) electrons. The van der Waals surface area contributed by atoms with Crippen molar-refractivity contribution in [1.82, 2.24) is 4.90 Å². The van der Waals surface area contributed by atoms with Gasteiger partial charge in [-0.25, -0.2) is 0 Å². The molecule has 5 atom stereocenters. The molecule has 3 saturated carbocycles. The lowest BCUT2D eigenvalue weighted by Crippen LogP contribution is -2.34. The fourth-order valence-electron chi connectivity index (χ4n) is 6.08. The monoisotopic (exact) mass is 354 g/mol. The quantitative estimate of drug-likeness (QED) is 0.502. The summed E-state index contributed by atoms with van der Waals surface area (Å²) in [5.74, 6) is 4.02. The van der Waals surface area contributed by atoms with E-state index in [1.807, 2.05) is 0 Å². The van der Waals surface area contributed by atoms with Gasteiger partial charge in [0.05, 0.1) is 5.71 Å². The molecular weight excluding hydrogens is 320 g/mol. The van der Waals surface area contributed by atoms with E-state index in [1.165, 1.54) is 37.0 Å². The van der Waals surface area contributed by atoms with Crippen LogP contribution >= 0.6 is 0 Å². The van der Waals surface area contributed by atoms with E-state index in [-0.39, 0.29) is 0 Å². The minimum absolute atomic E-state index is 0.607. The minimum atomic E-state index is 0.607. The lowest BCUT2D eigenvalue weighted by Gasteiger charge is -2.32. The van der Waals surface area contributed by atoms with Gasteiger partial charge in [0.2, 0.25) is 0 Å². The van der Waals surface area contributed by atoms with Crippen LogP contribution < -0.4 is 0 Å². The van der Waals surface area contributed by atoms with Crippen LogP contribution in [0.4, 0.5) is 0 Å².